The van der Waals surface area contributed by atoms with Gasteiger partial charge < -0.3 is 15.4 Å². The van der Waals surface area contributed by atoms with Crippen molar-refractivity contribution in [2.45, 2.75) is 50.5 Å². The number of rotatable bonds is 7. The van der Waals surface area contributed by atoms with Crippen LogP contribution >= 0.6 is 0 Å². The Morgan fingerprint density at radius 1 is 1.14 bits per heavy atom. The summed E-state index contributed by atoms with van der Waals surface area (Å²) in [5.74, 6) is 0.977. The molecule has 22 heavy (non-hydrogen) atoms. The van der Waals surface area contributed by atoms with Crippen molar-refractivity contribution in [1.29, 1.82) is 0 Å². The highest BCUT2D eigenvalue weighted by atomic mass is 16.5. The maximum atomic E-state index is 12.1. The molecule has 1 amide bonds. The van der Waals surface area contributed by atoms with Crippen LogP contribution in [0.25, 0.3) is 0 Å². The maximum absolute atomic E-state index is 12.1. The second-order valence-corrected chi connectivity index (χ2v) is 7.24. The molecule has 0 aromatic rings. The summed E-state index contributed by atoms with van der Waals surface area (Å²) < 4.78 is 5.50. The topological polar surface area (TPSA) is 53.6 Å². The van der Waals surface area contributed by atoms with Gasteiger partial charge in [-0.3, -0.25) is 9.69 Å². The average Bonchev–Trinajstić information content (AvgIpc) is 3.39. The van der Waals surface area contributed by atoms with Crippen LogP contribution in [-0.4, -0.2) is 62.3 Å². The zero-order valence-electron chi connectivity index (χ0n) is 13.7. The van der Waals surface area contributed by atoms with E-state index in [4.69, 9.17) is 4.74 Å². The molecule has 0 spiro atoms. The van der Waals surface area contributed by atoms with Gasteiger partial charge in [-0.25, -0.2) is 0 Å². The van der Waals surface area contributed by atoms with Crippen molar-refractivity contribution in [2.75, 3.05) is 45.9 Å². The molecule has 2 N–H and O–H groups in total. The average molecular weight is 309 g/mol. The van der Waals surface area contributed by atoms with Crippen molar-refractivity contribution in [3.8, 4) is 0 Å². The smallest absolute Gasteiger partial charge is 0.234 e. The SMILES string of the molecule is O=C(CNCC1CC1)NCC1(N2CCOCC2)CCCCC1. The van der Waals surface area contributed by atoms with Crippen molar-refractivity contribution in [2.24, 2.45) is 5.92 Å². The molecule has 5 heteroatoms. The van der Waals surface area contributed by atoms with Crippen LogP contribution in [0.2, 0.25) is 0 Å². The monoisotopic (exact) mass is 309 g/mol. The number of ether oxygens (including phenoxy) is 1. The van der Waals surface area contributed by atoms with Crippen LogP contribution in [0.1, 0.15) is 44.9 Å². The molecule has 1 saturated heterocycles. The van der Waals surface area contributed by atoms with Crippen molar-refractivity contribution in [1.82, 2.24) is 15.5 Å². The van der Waals surface area contributed by atoms with Crippen LogP contribution in [-0.2, 0) is 9.53 Å². The molecule has 3 rings (SSSR count). The van der Waals surface area contributed by atoms with Gasteiger partial charge in [-0.2, -0.15) is 0 Å². The van der Waals surface area contributed by atoms with Gasteiger partial charge in [0.1, 0.15) is 0 Å². The Hall–Kier alpha value is -0.650. The van der Waals surface area contributed by atoms with Crippen molar-refractivity contribution in [3.05, 3.63) is 0 Å². The van der Waals surface area contributed by atoms with Crippen LogP contribution in [0, 0.1) is 5.92 Å². The minimum Gasteiger partial charge on any atom is -0.379 e. The zero-order valence-corrected chi connectivity index (χ0v) is 13.7. The Morgan fingerprint density at radius 3 is 2.55 bits per heavy atom. The zero-order chi connectivity index (χ0) is 15.3. The normalized spacial score (nSPS) is 25.8. The van der Waals surface area contributed by atoms with Gasteiger partial charge in [0.15, 0.2) is 0 Å². The van der Waals surface area contributed by atoms with Crippen molar-refractivity contribution < 1.29 is 9.53 Å². The molecule has 0 unspecified atom stereocenters. The molecule has 1 aliphatic heterocycles. The molecule has 1 heterocycles. The summed E-state index contributed by atoms with van der Waals surface area (Å²) in [7, 11) is 0. The summed E-state index contributed by atoms with van der Waals surface area (Å²) in [6.45, 7) is 5.96. The fourth-order valence-corrected chi connectivity index (χ4v) is 3.89. The highest BCUT2D eigenvalue weighted by Crippen LogP contribution is 2.33. The molecule has 0 aromatic heterocycles. The van der Waals surface area contributed by atoms with Crippen molar-refractivity contribution in [3.63, 3.8) is 0 Å². The molecule has 0 aromatic carbocycles. The molecule has 2 aliphatic carbocycles. The highest BCUT2D eigenvalue weighted by Gasteiger charge is 2.38. The predicted molar refractivity (Wildman–Crippen MR) is 86.8 cm³/mol. The van der Waals surface area contributed by atoms with Crippen LogP contribution in [0.15, 0.2) is 0 Å². The van der Waals surface area contributed by atoms with E-state index < -0.39 is 0 Å². The van der Waals surface area contributed by atoms with E-state index in [1.807, 2.05) is 0 Å². The van der Waals surface area contributed by atoms with Gasteiger partial charge in [0.2, 0.25) is 5.91 Å². The number of morpholine rings is 1. The number of hydrogen-bond acceptors (Lipinski definition) is 4. The van der Waals surface area contributed by atoms with E-state index in [2.05, 4.69) is 15.5 Å². The van der Waals surface area contributed by atoms with Gasteiger partial charge in [-0.15, -0.1) is 0 Å². The first kappa shape index (κ1) is 16.2. The lowest BCUT2D eigenvalue weighted by Gasteiger charge is -2.48. The van der Waals surface area contributed by atoms with Crippen molar-refractivity contribution >= 4 is 5.91 Å². The van der Waals surface area contributed by atoms with E-state index in [-0.39, 0.29) is 11.4 Å². The molecule has 126 valence electrons. The maximum Gasteiger partial charge on any atom is 0.234 e. The van der Waals surface area contributed by atoms with Gasteiger partial charge in [-0.05, 0) is 38.1 Å². The van der Waals surface area contributed by atoms with E-state index in [9.17, 15) is 4.79 Å². The molecular formula is C17H31N3O2. The Kier molecular flexibility index (Phi) is 5.71. The summed E-state index contributed by atoms with van der Waals surface area (Å²) in [4.78, 5) is 14.7. The molecule has 0 atom stereocenters. The molecule has 2 saturated carbocycles. The Balaban J connectivity index is 1.47. The molecule has 0 radical (unpaired) electrons. The minimum absolute atomic E-state index is 0.152. The first-order valence-corrected chi connectivity index (χ1v) is 9.09. The Bertz CT molecular complexity index is 359. The largest absolute Gasteiger partial charge is 0.379 e. The summed E-state index contributed by atoms with van der Waals surface area (Å²) in [6, 6.07) is 0. The number of nitrogens with one attached hydrogen (secondary N) is 2. The molecule has 3 fully saturated rings. The minimum atomic E-state index is 0.152. The Labute approximate surface area is 134 Å². The summed E-state index contributed by atoms with van der Waals surface area (Å²) in [5.41, 5.74) is 0.175. The molecular weight excluding hydrogens is 278 g/mol. The van der Waals surface area contributed by atoms with E-state index in [0.717, 1.165) is 45.3 Å². The van der Waals surface area contributed by atoms with Gasteiger partial charge in [0, 0.05) is 25.2 Å². The van der Waals surface area contributed by atoms with Gasteiger partial charge in [0.25, 0.3) is 0 Å². The summed E-state index contributed by atoms with van der Waals surface area (Å²) in [5, 5.41) is 6.48. The van der Waals surface area contributed by atoms with Gasteiger partial charge >= 0.3 is 0 Å². The molecule has 0 bridgehead atoms. The first-order chi connectivity index (χ1) is 10.8. The van der Waals surface area contributed by atoms with Gasteiger partial charge in [0.05, 0.1) is 19.8 Å². The lowest BCUT2D eigenvalue weighted by molar-refractivity contribution is -0.121. The number of hydrogen-bond donors (Lipinski definition) is 2. The second kappa shape index (κ2) is 7.75. The third kappa shape index (κ3) is 4.43. The van der Waals surface area contributed by atoms with E-state index in [1.165, 1.54) is 44.9 Å². The number of nitrogens with zero attached hydrogens (tertiary/aromatic N) is 1. The lowest BCUT2D eigenvalue weighted by atomic mass is 9.79. The first-order valence-electron chi connectivity index (χ1n) is 9.09. The van der Waals surface area contributed by atoms with E-state index in [1.54, 1.807) is 0 Å². The fourth-order valence-electron chi connectivity index (χ4n) is 3.89. The van der Waals surface area contributed by atoms with E-state index in [0.29, 0.717) is 6.54 Å². The van der Waals surface area contributed by atoms with Crippen LogP contribution in [0.3, 0.4) is 0 Å². The Morgan fingerprint density at radius 2 is 1.86 bits per heavy atom. The molecule has 5 nitrogen and oxygen atoms in total. The lowest BCUT2D eigenvalue weighted by Crippen LogP contribution is -2.60. The fraction of sp³-hybridized carbons (Fsp3) is 0.941. The number of amides is 1. The number of carbonyl (C=O) groups is 1. The molecule has 3 aliphatic rings. The summed E-state index contributed by atoms with van der Waals surface area (Å²) in [6.07, 6.45) is 8.98. The second-order valence-electron chi connectivity index (χ2n) is 7.24. The quantitative estimate of drug-likeness (QED) is 0.740. The third-order valence-corrected chi connectivity index (χ3v) is 5.50. The van der Waals surface area contributed by atoms with Gasteiger partial charge in [-0.1, -0.05) is 19.3 Å². The standard InChI is InChI=1S/C17H31N3O2/c21-16(13-18-12-15-4-5-15)19-14-17(6-2-1-3-7-17)20-8-10-22-11-9-20/h15,18H,1-14H2,(H,19,21). The third-order valence-electron chi connectivity index (χ3n) is 5.50. The predicted octanol–water partition coefficient (Wildman–Crippen LogP) is 1.14. The van der Waals surface area contributed by atoms with Crippen LogP contribution in [0.5, 0.6) is 0 Å². The van der Waals surface area contributed by atoms with E-state index >= 15 is 0 Å². The van der Waals surface area contributed by atoms with Crippen LogP contribution < -0.4 is 10.6 Å². The van der Waals surface area contributed by atoms with Crippen LogP contribution in [0.4, 0.5) is 0 Å². The summed E-state index contributed by atoms with van der Waals surface area (Å²) >= 11 is 0. The highest BCUT2D eigenvalue weighted by molar-refractivity contribution is 5.78. The number of carbonyl (C=O) groups excluding carboxylic acids is 1.